The van der Waals surface area contributed by atoms with Crippen molar-refractivity contribution in [2.24, 2.45) is 11.8 Å². The molecule has 0 N–H and O–H groups in total. The quantitative estimate of drug-likeness (QED) is 0.595. The Balaban J connectivity index is 1.56. The number of halogens is 1. The van der Waals surface area contributed by atoms with Crippen molar-refractivity contribution in [2.75, 3.05) is 6.54 Å². The van der Waals surface area contributed by atoms with Crippen LogP contribution in [0.2, 0.25) is 0 Å². The lowest BCUT2D eigenvalue weighted by atomic mass is 9.81. The van der Waals surface area contributed by atoms with Crippen molar-refractivity contribution in [2.45, 2.75) is 32.3 Å². The van der Waals surface area contributed by atoms with Gasteiger partial charge in [-0.1, -0.05) is 40.9 Å². The SMILES string of the molecule is O=C(CN1C(=O)[C@@H]2CCCC[C@H]2C1=O)OCc1ccc(Br)cc1. The summed E-state index contributed by atoms with van der Waals surface area (Å²) in [5, 5.41) is 0. The summed E-state index contributed by atoms with van der Waals surface area (Å²) >= 11 is 3.34. The van der Waals surface area contributed by atoms with Crippen LogP contribution in [0.5, 0.6) is 0 Å². The molecular weight excluding hydrogens is 362 g/mol. The third-order valence-electron chi connectivity index (χ3n) is 4.53. The second-order valence-electron chi connectivity index (χ2n) is 6.05. The molecule has 2 atom stereocenters. The highest BCUT2D eigenvalue weighted by molar-refractivity contribution is 9.10. The minimum Gasteiger partial charge on any atom is -0.459 e. The van der Waals surface area contributed by atoms with Gasteiger partial charge in [-0.05, 0) is 30.5 Å². The monoisotopic (exact) mass is 379 g/mol. The molecule has 1 heterocycles. The van der Waals surface area contributed by atoms with Crippen LogP contribution in [-0.2, 0) is 25.7 Å². The molecule has 1 aromatic carbocycles. The van der Waals surface area contributed by atoms with Crippen molar-refractivity contribution >= 4 is 33.7 Å². The van der Waals surface area contributed by atoms with Crippen molar-refractivity contribution in [1.82, 2.24) is 4.90 Å². The maximum absolute atomic E-state index is 12.3. The zero-order valence-corrected chi connectivity index (χ0v) is 14.3. The molecule has 23 heavy (non-hydrogen) atoms. The van der Waals surface area contributed by atoms with Gasteiger partial charge in [0, 0.05) is 4.47 Å². The molecule has 0 spiro atoms. The number of rotatable bonds is 4. The van der Waals surface area contributed by atoms with Crippen LogP contribution >= 0.6 is 15.9 Å². The van der Waals surface area contributed by atoms with Gasteiger partial charge in [-0.2, -0.15) is 0 Å². The number of fused-ring (bicyclic) bond motifs is 1. The average molecular weight is 380 g/mol. The molecule has 0 unspecified atom stereocenters. The maximum atomic E-state index is 12.3. The van der Waals surface area contributed by atoms with E-state index in [0.717, 1.165) is 40.6 Å². The van der Waals surface area contributed by atoms with Crippen LogP contribution in [0.4, 0.5) is 0 Å². The number of carbonyl (C=O) groups is 3. The molecule has 2 fully saturated rings. The molecular formula is C17H18BrNO4. The van der Waals surface area contributed by atoms with E-state index in [1.807, 2.05) is 24.3 Å². The number of amides is 2. The van der Waals surface area contributed by atoms with Crippen molar-refractivity contribution < 1.29 is 19.1 Å². The Morgan fingerprint density at radius 1 is 1.09 bits per heavy atom. The summed E-state index contributed by atoms with van der Waals surface area (Å²) in [7, 11) is 0. The van der Waals surface area contributed by atoms with E-state index in [4.69, 9.17) is 4.74 Å². The largest absolute Gasteiger partial charge is 0.459 e. The van der Waals surface area contributed by atoms with E-state index >= 15 is 0 Å². The lowest BCUT2D eigenvalue weighted by molar-refractivity contribution is -0.153. The fourth-order valence-electron chi connectivity index (χ4n) is 3.31. The standard InChI is InChI=1S/C17H18BrNO4/c18-12-7-5-11(6-8-12)10-23-15(20)9-19-16(21)13-3-1-2-4-14(13)17(19)22/h5-8,13-14H,1-4,9-10H2/t13-,14-/m1/s1. The fraction of sp³-hybridized carbons (Fsp3) is 0.471. The zero-order valence-electron chi connectivity index (χ0n) is 12.7. The molecule has 0 aromatic heterocycles. The van der Waals surface area contributed by atoms with Gasteiger partial charge < -0.3 is 4.74 Å². The molecule has 1 saturated carbocycles. The normalized spacial score (nSPS) is 23.8. The third kappa shape index (κ3) is 3.47. The summed E-state index contributed by atoms with van der Waals surface area (Å²) in [5.74, 6) is -1.42. The smallest absolute Gasteiger partial charge is 0.326 e. The molecule has 2 aliphatic rings. The highest BCUT2D eigenvalue weighted by Gasteiger charge is 2.48. The Hall–Kier alpha value is -1.69. The molecule has 1 aliphatic carbocycles. The van der Waals surface area contributed by atoms with Gasteiger partial charge in [-0.25, -0.2) is 0 Å². The van der Waals surface area contributed by atoms with Gasteiger partial charge in [-0.15, -0.1) is 0 Å². The van der Waals surface area contributed by atoms with E-state index in [0.29, 0.717) is 0 Å². The predicted octanol–water partition coefficient (Wildman–Crippen LogP) is 2.67. The van der Waals surface area contributed by atoms with Crippen LogP contribution in [0.1, 0.15) is 31.2 Å². The van der Waals surface area contributed by atoms with Crippen LogP contribution in [0.3, 0.4) is 0 Å². The minimum absolute atomic E-state index is 0.134. The Bertz CT molecular complexity index is 604. The molecule has 2 amide bonds. The molecule has 1 aliphatic heterocycles. The van der Waals surface area contributed by atoms with Crippen molar-refractivity contribution in [3.63, 3.8) is 0 Å². The number of benzene rings is 1. The molecule has 3 rings (SSSR count). The number of esters is 1. The molecule has 6 heteroatoms. The number of likely N-dealkylation sites (tertiary alicyclic amines) is 1. The second kappa shape index (κ2) is 6.83. The van der Waals surface area contributed by atoms with E-state index in [2.05, 4.69) is 15.9 Å². The second-order valence-corrected chi connectivity index (χ2v) is 6.96. The fourth-order valence-corrected chi connectivity index (χ4v) is 3.57. The van der Waals surface area contributed by atoms with Crippen molar-refractivity contribution in [3.8, 4) is 0 Å². The number of imide groups is 1. The molecule has 0 radical (unpaired) electrons. The average Bonchev–Trinajstić information content (AvgIpc) is 2.80. The van der Waals surface area contributed by atoms with Crippen LogP contribution in [-0.4, -0.2) is 29.2 Å². The Morgan fingerprint density at radius 2 is 1.65 bits per heavy atom. The summed E-state index contributed by atoms with van der Waals surface area (Å²) in [5.41, 5.74) is 0.856. The van der Waals surface area contributed by atoms with Gasteiger partial charge in [0.15, 0.2) is 0 Å². The highest BCUT2D eigenvalue weighted by atomic mass is 79.9. The maximum Gasteiger partial charge on any atom is 0.326 e. The summed E-state index contributed by atoms with van der Waals surface area (Å²) in [6, 6.07) is 7.42. The van der Waals surface area contributed by atoms with Gasteiger partial charge in [0.05, 0.1) is 11.8 Å². The van der Waals surface area contributed by atoms with Crippen LogP contribution in [0.15, 0.2) is 28.7 Å². The molecule has 1 aromatic rings. The van der Waals surface area contributed by atoms with Gasteiger partial charge in [0.2, 0.25) is 11.8 Å². The van der Waals surface area contributed by atoms with Gasteiger partial charge in [0.1, 0.15) is 13.2 Å². The highest BCUT2D eigenvalue weighted by Crippen LogP contribution is 2.37. The Labute approximate surface area is 143 Å². The van der Waals surface area contributed by atoms with E-state index in [1.54, 1.807) is 0 Å². The van der Waals surface area contributed by atoms with E-state index in [-0.39, 0.29) is 36.8 Å². The summed E-state index contributed by atoms with van der Waals surface area (Å²) in [4.78, 5) is 37.6. The van der Waals surface area contributed by atoms with Crippen LogP contribution in [0.25, 0.3) is 0 Å². The summed E-state index contributed by atoms with van der Waals surface area (Å²) in [6.45, 7) is -0.142. The lowest BCUT2D eigenvalue weighted by Gasteiger charge is -2.19. The summed E-state index contributed by atoms with van der Waals surface area (Å²) < 4.78 is 6.13. The number of hydrogen-bond acceptors (Lipinski definition) is 4. The first-order chi connectivity index (χ1) is 11.1. The Kier molecular flexibility index (Phi) is 4.80. The third-order valence-corrected chi connectivity index (χ3v) is 5.06. The Morgan fingerprint density at radius 3 is 2.22 bits per heavy atom. The number of nitrogens with zero attached hydrogens (tertiary/aromatic N) is 1. The molecule has 5 nitrogen and oxygen atoms in total. The first kappa shape index (κ1) is 16.2. The summed E-state index contributed by atoms with van der Waals surface area (Å²) in [6.07, 6.45) is 3.45. The number of hydrogen-bond donors (Lipinski definition) is 0. The molecule has 0 bridgehead atoms. The minimum atomic E-state index is -0.548. The first-order valence-electron chi connectivity index (χ1n) is 7.81. The van der Waals surface area contributed by atoms with E-state index < -0.39 is 5.97 Å². The van der Waals surface area contributed by atoms with Gasteiger partial charge >= 0.3 is 5.97 Å². The van der Waals surface area contributed by atoms with E-state index in [1.165, 1.54) is 0 Å². The molecule has 1 saturated heterocycles. The predicted molar refractivity (Wildman–Crippen MR) is 86.1 cm³/mol. The first-order valence-corrected chi connectivity index (χ1v) is 8.61. The number of ether oxygens (including phenoxy) is 1. The van der Waals surface area contributed by atoms with Crippen LogP contribution in [0, 0.1) is 11.8 Å². The van der Waals surface area contributed by atoms with Crippen LogP contribution < -0.4 is 0 Å². The topological polar surface area (TPSA) is 63.7 Å². The molecule has 122 valence electrons. The van der Waals surface area contributed by atoms with Gasteiger partial charge in [0.25, 0.3) is 0 Å². The van der Waals surface area contributed by atoms with Crippen molar-refractivity contribution in [1.29, 1.82) is 0 Å². The van der Waals surface area contributed by atoms with Gasteiger partial charge in [-0.3, -0.25) is 19.3 Å². The number of carbonyl (C=O) groups excluding carboxylic acids is 3. The lowest BCUT2D eigenvalue weighted by Crippen LogP contribution is -2.36. The van der Waals surface area contributed by atoms with E-state index in [9.17, 15) is 14.4 Å². The van der Waals surface area contributed by atoms with Crippen molar-refractivity contribution in [3.05, 3.63) is 34.3 Å². The zero-order chi connectivity index (χ0) is 16.4.